The van der Waals surface area contributed by atoms with Gasteiger partial charge in [0, 0.05) is 19.6 Å². The van der Waals surface area contributed by atoms with Crippen molar-refractivity contribution in [2.24, 2.45) is 5.92 Å². The summed E-state index contributed by atoms with van der Waals surface area (Å²) in [5.74, 6) is 0.676. The molecule has 118 valence electrons. The zero-order valence-electron chi connectivity index (χ0n) is 13.0. The molecule has 1 fully saturated rings. The van der Waals surface area contributed by atoms with Crippen molar-refractivity contribution >= 4 is 18.3 Å². The summed E-state index contributed by atoms with van der Waals surface area (Å²) in [4.78, 5) is 15.0. The third-order valence-corrected chi connectivity index (χ3v) is 4.29. The molecule has 1 aliphatic heterocycles. The highest BCUT2D eigenvalue weighted by atomic mass is 35.5. The van der Waals surface area contributed by atoms with Gasteiger partial charge < -0.3 is 10.2 Å². The van der Waals surface area contributed by atoms with Crippen molar-refractivity contribution in [3.8, 4) is 0 Å². The smallest absolute Gasteiger partial charge is 0.230 e. The summed E-state index contributed by atoms with van der Waals surface area (Å²) in [5, 5.41) is 3.36. The Morgan fingerprint density at radius 1 is 1.24 bits per heavy atom. The van der Waals surface area contributed by atoms with Gasteiger partial charge in [-0.05, 0) is 24.4 Å². The maximum atomic E-state index is 13.0. The van der Waals surface area contributed by atoms with Gasteiger partial charge in [-0.15, -0.1) is 12.4 Å². The second kappa shape index (κ2) is 9.06. The van der Waals surface area contributed by atoms with Crippen LogP contribution in [0.2, 0.25) is 0 Å². The summed E-state index contributed by atoms with van der Waals surface area (Å²) < 4.78 is 0. The van der Waals surface area contributed by atoms with Gasteiger partial charge >= 0.3 is 0 Å². The number of amides is 1. The first-order chi connectivity index (χ1) is 9.74. The van der Waals surface area contributed by atoms with E-state index in [0.29, 0.717) is 11.8 Å². The molecule has 4 heteroatoms. The minimum atomic E-state index is -0.000648. The fraction of sp³-hybridized carbons (Fsp3) is 0.588. The molecule has 1 amide bonds. The van der Waals surface area contributed by atoms with Crippen LogP contribution in [0, 0.1) is 5.92 Å². The number of benzene rings is 1. The number of nitrogens with one attached hydrogen (secondary N) is 1. The molecular weight excluding hydrogens is 284 g/mol. The minimum Gasteiger partial charge on any atom is -0.341 e. The zero-order chi connectivity index (χ0) is 14.4. The van der Waals surface area contributed by atoms with E-state index in [0.717, 1.165) is 44.6 Å². The van der Waals surface area contributed by atoms with Gasteiger partial charge in [-0.3, -0.25) is 4.79 Å². The number of halogens is 1. The largest absolute Gasteiger partial charge is 0.341 e. The van der Waals surface area contributed by atoms with E-state index >= 15 is 0 Å². The molecule has 0 aromatic heterocycles. The predicted octanol–water partition coefficient (Wildman–Crippen LogP) is 3.06. The molecular formula is C17H27ClN2O. The Hall–Kier alpha value is -1.06. The lowest BCUT2D eigenvalue weighted by Gasteiger charge is -2.29. The van der Waals surface area contributed by atoms with Crippen LogP contribution in [0.15, 0.2) is 30.3 Å². The van der Waals surface area contributed by atoms with Crippen LogP contribution in [0.25, 0.3) is 0 Å². The van der Waals surface area contributed by atoms with Crippen LogP contribution >= 0.6 is 12.4 Å². The second-order valence-electron chi connectivity index (χ2n) is 5.70. The van der Waals surface area contributed by atoms with E-state index in [9.17, 15) is 4.79 Å². The van der Waals surface area contributed by atoms with Crippen molar-refractivity contribution < 1.29 is 4.79 Å². The van der Waals surface area contributed by atoms with Gasteiger partial charge in [-0.1, -0.05) is 50.6 Å². The van der Waals surface area contributed by atoms with Crippen LogP contribution in [0.5, 0.6) is 0 Å². The average molecular weight is 311 g/mol. The molecule has 3 nitrogen and oxygen atoms in total. The highest BCUT2D eigenvalue weighted by molar-refractivity contribution is 5.85. The molecule has 0 bridgehead atoms. The Kier molecular flexibility index (Phi) is 7.76. The number of carbonyl (C=O) groups excluding carboxylic acids is 1. The van der Waals surface area contributed by atoms with Crippen LogP contribution in [-0.2, 0) is 4.79 Å². The van der Waals surface area contributed by atoms with Crippen molar-refractivity contribution in [2.75, 3.05) is 26.2 Å². The van der Waals surface area contributed by atoms with E-state index in [1.165, 1.54) is 0 Å². The van der Waals surface area contributed by atoms with Crippen LogP contribution in [-0.4, -0.2) is 37.0 Å². The fourth-order valence-corrected chi connectivity index (χ4v) is 2.87. The van der Waals surface area contributed by atoms with Gasteiger partial charge in [0.05, 0.1) is 5.92 Å². The van der Waals surface area contributed by atoms with Crippen molar-refractivity contribution in [2.45, 2.75) is 32.6 Å². The van der Waals surface area contributed by atoms with Crippen molar-refractivity contribution in [3.05, 3.63) is 35.9 Å². The van der Waals surface area contributed by atoms with Gasteiger partial charge in [0.15, 0.2) is 0 Å². The number of rotatable bonds is 4. The molecule has 1 aliphatic rings. The lowest BCUT2D eigenvalue weighted by molar-refractivity contribution is -0.133. The van der Waals surface area contributed by atoms with Crippen molar-refractivity contribution in [3.63, 3.8) is 0 Å². The molecule has 21 heavy (non-hydrogen) atoms. The van der Waals surface area contributed by atoms with Crippen LogP contribution in [0.4, 0.5) is 0 Å². The van der Waals surface area contributed by atoms with E-state index in [-0.39, 0.29) is 18.3 Å². The van der Waals surface area contributed by atoms with Crippen LogP contribution in [0.1, 0.15) is 38.2 Å². The Balaban J connectivity index is 0.00000220. The maximum Gasteiger partial charge on any atom is 0.230 e. The molecule has 0 aliphatic carbocycles. The van der Waals surface area contributed by atoms with E-state index in [4.69, 9.17) is 0 Å². The van der Waals surface area contributed by atoms with Crippen LogP contribution in [0.3, 0.4) is 0 Å². The second-order valence-corrected chi connectivity index (χ2v) is 5.70. The summed E-state index contributed by atoms with van der Waals surface area (Å²) in [5.41, 5.74) is 1.16. The monoisotopic (exact) mass is 310 g/mol. The molecule has 2 rings (SSSR count). The van der Waals surface area contributed by atoms with Gasteiger partial charge in [-0.2, -0.15) is 0 Å². The molecule has 2 atom stereocenters. The third kappa shape index (κ3) is 4.72. The van der Waals surface area contributed by atoms with Gasteiger partial charge in [-0.25, -0.2) is 0 Å². The summed E-state index contributed by atoms with van der Waals surface area (Å²) in [7, 11) is 0. The van der Waals surface area contributed by atoms with Crippen LogP contribution < -0.4 is 5.32 Å². The van der Waals surface area contributed by atoms with E-state index in [2.05, 4.69) is 31.3 Å². The van der Waals surface area contributed by atoms with E-state index in [1.54, 1.807) is 0 Å². The van der Waals surface area contributed by atoms with Crippen molar-refractivity contribution in [1.82, 2.24) is 10.2 Å². The molecule has 2 unspecified atom stereocenters. The van der Waals surface area contributed by atoms with E-state index < -0.39 is 0 Å². The Bertz CT molecular complexity index is 416. The number of hydrogen-bond acceptors (Lipinski definition) is 2. The quantitative estimate of drug-likeness (QED) is 0.927. The highest BCUT2D eigenvalue weighted by Gasteiger charge is 2.29. The lowest BCUT2D eigenvalue weighted by atomic mass is 9.84. The lowest BCUT2D eigenvalue weighted by Crippen LogP contribution is -2.39. The summed E-state index contributed by atoms with van der Waals surface area (Å²) in [6, 6.07) is 10.2. The van der Waals surface area contributed by atoms with Gasteiger partial charge in [0.2, 0.25) is 5.91 Å². The summed E-state index contributed by atoms with van der Waals surface area (Å²) >= 11 is 0. The Morgan fingerprint density at radius 3 is 2.62 bits per heavy atom. The van der Waals surface area contributed by atoms with E-state index in [1.807, 2.05) is 23.1 Å². The SMILES string of the molecule is CCC(C)C(C(=O)N1CCCNCC1)c1ccccc1.Cl. The molecule has 1 aromatic rings. The highest BCUT2D eigenvalue weighted by Crippen LogP contribution is 2.29. The van der Waals surface area contributed by atoms with Crippen molar-refractivity contribution in [1.29, 1.82) is 0 Å². The fourth-order valence-electron chi connectivity index (χ4n) is 2.87. The standard InChI is InChI=1S/C17H26N2O.ClH/c1-3-14(2)16(15-8-5-4-6-9-15)17(20)19-12-7-10-18-11-13-19;/h4-6,8-9,14,16,18H,3,7,10-13H2,1-2H3;1H. The summed E-state index contributed by atoms with van der Waals surface area (Å²) in [6.45, 7) is 7.99. The topological polar surface area (TPSA) is 32.3 Å². The number of hydrogen-bond donors (Lipinski definition) is 1. The molecule has 0 saturated carbocycles. The number of carbonyl (C=O) groups is 1. The maximum absolute atomic E-state index is 13.0. The average Bonchev–Trinajstić information content (AvgIpc) is 2.77. The minimum absolute atomic E-state index is 0. The first-order valence-corrected chi connectivity index (χ1v) is 7.78. The summed E-state index contributed by atoms with van der Waals surface area (Å²) in [6.07, 6.45) is 2.07. The Labute approximate surface area is 134 Å². The molecule has 1 N–H and O–H groups in total. The third-order valence-electron chi connectivity index (χ3n) is 4.29. The first-order valence-electron chi connectivity index (χ1n) is 7.78. The molecule has 1 heterocycles. The molecule has 1 saturated heterocycles. The molecule has 0 radical (unpaired) electrons. The Morgan fingerprint density at radius 2 is 1.95 bits per heavy atom. The number of nitrogens with zero attached hydrogens (tertiary/aromatic N) is 1. The predicted molar refractivity (Wildman–Crippen MR) is 90.0 cm³/mol. The molecule has 1 aromatic carbocycles. The van der Waals surface area contributed by atoms with Gasteiger partial charge in [0.25, 0.3) is 0 Å². The molecule has 0 spiro atoms. The zero-order valence-corrected chi connectivity index (χ0v) is 13.9. The first kappa shape index (κ1) is 18.0. The van der Waals surface area contributed by atoms with Gasteiger partial charge in [0.1, 0.15) is 0 Å². The normalized spacial score (nSPS) is 18.3.